The first-order chi connectivity index (χ1) is 12.4. The van der Waals surface area contributed by atoms with Crippen molar-refractivity contribution < 1.29 is 14.6 Å². The van der Waals surface area contributed by atoms with E-state index in [-0.39, 0.29) is 11.7 Å². The maximum Gasteiger partial charge on any atom is 0.226 e. The predicted octanol–water partition coefficient (Wildman–Crippen LogP) is 4.66. The third-order valence-corrected chi connectivity index (χ3v) is 4.97. The van der Waals surface area contributed by atoms with Gasteiger partial charge < -0.3 is 14.7 Å². The summed E-state index contributed by atoms with van der Waals surface area (Å²) in [5, 5.41) is 9.66. The van der Waals surface area contributed by atoms with E-state index in [1.165, 1.54) is 6.42 Å². The SMILES string of the molecule is Cc1cc(Oc2c(C)cc(CC(=O)N3CCCCC3)cc2C)ccc1O. The lowest BCUT2D eigenvalue weighted by Crippen LogP contribution is -2.36. The van der Waals surface area contributed by atoms with Gasteiger partial charge in [0.05, 0.1) is 6.42 Å². The number of amides is 1. The van der Waals surface area contributed by atoms with Gasteiger partial charge in [0.25, 0.3) is 0 Å². The zero-order chi connectivity index (χ0) is 18.7. The van der Waals surface area contributed by atoms with Crippen molar-refractivity contribution in [2.75, 3.05) is 13.1 Å². The number of nitrogens with zero attached hydrogens (tertiary/aromatic N) is 1. The van der Waals surface area contributed by atoms with Gasteiger partial charge in [-0.15, -0.1) is 0 Å². The molecule has 0 radical (unpaired) electrons. The highest BCUT2D eigenvalue weighted by Gasteiger charge is 2.18. The van der Waals surface area contributed by atoms with E-state index in [9.17, 15) is 9.90 Å². The summed E-state index contributed by atoms with van der Waals surface area (Å²) < 4.78 is 6.05. The number of likely N-dealkylation sites (tertiary alicyclic amines) is 1. The number of carbonyl (C=O) groups is 1. The summed E-state index contributed by atoms with van der Waals surface area (Å²) in [6, 6.07) is 9.30. The minimum atomic E-state index is 0.214. The molecule has 1 aliphatic heterocycles. The van der Waals surface area contributed by atoms with Gasteiger partial charge in [0.1, 0.15) is 17.2 Å². The highest BCUT2D eigenvalue weighted by atomic mass is 16.5. The van der Waals surface area contributed by atoms with Gasteiger partial charge in [0, 0.05) is 13.1 Å². The lowest BCUT2D eigenvalue weighted by atomic mass is 10.0. The van der Waals surface area contributed by atoms with Crippen LogP contribution in [0.25, 0.3) is 0 Å². The number of phenolic OH excluding ortho intramolecular Hbond substituents is 1. The molecule has 0 unspecified atom stereocenters. The lowest BCUT2D eigenvalue weighted by molar-refractivity contribution is -0.131. The largest absolute Gasteiger partial charge is 0.508 e. The maximum atomic E-state index is 12.5. The summed E-state index contributed by atoms with van der Waals surface area (Å²) in [6.45, 7) is 7.63. The number of aromatic hydroxyl groups is 1. The van der Waals surface area contributed by atoms with E-state index in [4.69, 9.17) is 4.74 Å². The third-order valence-electron chi connectivity index (χ3n) is 4.97. The summed E-state index contributed by atoms with van der Waals surface area (Å²) >= 11 is 0. The van der Waals surface area contributed by atoms with Crippen molar-refractivity contribution in [2.24, 2.45) is 0 Å². The van der Waals surface area contributed by atoms with Crippen molar-refractivity contribution in [3.05, 3.63) is 52.6 Å². The van der Waals surface area contributed by atoms with Gasteiger partial charge in [-0.25, -0.2) is 0 Å². The van der Waals surface area contributed by atoms with Crippen molar-refractivity contribution in [2.45, 2.75) is 46.5 Å². The third kappa shape index (κ3) is 4.18. The van der Waals surface area contributed by atoms with Crippen LogP contribution in [0.1, 0.15) is 41.5 Å². The van der Waals surface area contributed by atoms with E-state index < -0.39 is 0 Å². The van der Waals surface area contributed by atoms with Gasteiger partial charge in [0.2, 0.25) is 5.91 Å². The second-order valence-corrected chi connectivity index (χ2v) is 7.23. The molecular weight excluding hydrogens is 326 g/mol. The first-order valence-corrected chi connectivity index (χ1v) is 9.29. The van der Waals surface area contributed by atoms with E-state index in [0.29, 0.717) is 12.2 Å². The van der Waals surface area contributed by atoms with Gasteiger partial charge in [-0.3, -0.25) is 4.79 Å². The van der Waals surface area contributed by atoms with Crippen molar-refractivity contribution >= 4 is 5.91 Å². The normalized spacial score (nSPS) is 14.3. The van der Waals surface area contributed by atoms with Crippen LogP contribution in [0.2, 0.25) is 0 Å². The molecule has 1 aliphatic rings. The van der Waals surface area contributed by atoms with E-state index in [1.54, 1.807) is 12.1 Å². The molecule has 0 aromatic heterocycles. The molecule has 2 aromatic rings. The molecule has 4 nitrogen and oxygen atoms in total. The molecule has 0 bridgehead atoms. The molecule has 26 heavy (non-hydrogen) atoms. The van der Waals surface area contributed by atoms with Crippen LogP contribution in [0.15, 0.2) is 30.3 Å². The summed E-state index contributed by atoms with van der Waals surface area (Å²) in [4.78, 5) is 14.5. The Morgan fingerprint density at radius 2 is 1.65 bits per heavy atom. The Morgan fingerprint density at radius 1 is 1.00 bits per heavy atom. The zero-order valence-corrected chi connectivity index (χ0v) is 15.8. The number of carbonyl (C=O) groups excluding carboxylic acids is 1. The fraction of sp³-hybridized carbons (Fsp3) is 0.409. The van der Waals surface area contributed by atoms with Gasteiger partial charge >= 0.3 is 0 Å². The fourth-order valence-electron chi connectivity index (χ4n) is 3.54. The highest BCUT2D eigenvalue weighted by molar-refractivity contribution is 5.79. The number of ether oxygens (including phenoxy) is 1. The van der Waals surface area contributed by atoms with Crippen molar-refractivity contribution in [3.8, 4) is 17.2 Å². The average molecular weight is 353 g/mol. The molecule has 1 heterocycles. The molecule has 0 spiro atoms. The summed E-state index contributed by atoms with van der Waals surface area (Å²) in [5.41, 5.74) is 3.83. The molecule has 0 aliphatic carbocycles. The summed E-state index contributed by atoms with van der Waals surface area (Å²) in [6.07, 6.45) is 3.90. The van der Waals surface area contributed by atoms with E-state index in [2.05, 4.69) is 0 Å². The van der Waals surface area contributed by atoms with Crippen LogP contribution in [0.3, 0.4) is 0 Å². The molecule has 2 aromatic carbocycles. The van der Waals surface area contributed by atoms with Crippen LogP contribution in [0.5, 0.6) is 17.2 Å². The van der Waals surface area contributed by atoms with Gasteiger partial charge in [0.15, 0.2) is 0 Å². The molecule has 1 fully saturated rings. The molecule has 3 rings (SSSR count). The second kappa shape index (κ2) is 7.81. The number of benzene rings is 2. The van der Waals surface area contributed by atoms with E-state index in [1.807, 2.05) is 43.9 Å². The Morgan fingerprint density at radius 3 is 2.27 bits per heavy atom. The van der Waals surface area contributed by atoms with E-state index >= 15 is 0 Å². The molecule has 1 amide bonds. The molecule has 1 N–H and O–H groups in total. The minimum Gasteiger partial charge on any atom is -0.508 e. The highest BCUT2D eigenvalue weighted by Crippen LogP contribution is 2.32. The van der Waals surface area contributed by atoms with Gasteiger partial charge in [-0.2, -0.15) is 0 Å². The Hall–Kier alpha value is -2.49. The number of hydrogen-bond donors (Lipinski definition) is 1. The van der Waals surface area contributed by atoms with Gasteiger partial charge in [-0.1, -0.05) is 12.1 Å². The molecule has 0 atom stereocenters. The second-order valence-electron chi connectivity index (χ2n) is 7.23. The number of aryl methyl sites for hydroxylation is 3. The van der Waals surface area contributed by atoms with Crippen molar-refractivity contribution in [3.63, 3.8) is 0 Å². The average Bonchev–Trinajstić information content (AvgIpc) is 2.62. The summed E-state index contributed by atoms with van der Waals surface area (Å²) in [5.74, 6) is 1.98. The van der Waals surface area contributed by atoms with Crippen LogP contribution in [-0.4, -0.2) is 29.0 Å². The number of rotatable bonds is 4. The number of hydrogen-bond acceptors (Lipinski definition) is 3. The van der Waals surface area contributed by atoms with Crippen LogP contribution < -0.4 is 4.74 Å². The van der Waals surface area contributed by atoms with E-state index in [0.717, 1.165) is 53.9 Å². The molecular formula is C22H27NO3. The number of piperidine rings is 1. The molecule has 4 heteroatoms. The Labute approximate surface area is 155 Å². The zero-order valence-electron chi connectivity index (χ0n) is 15.8. The standard InChI is InChI=1S/C22H27NO3/c1-15-13-19(7-8-20(15)24)26-22-16(2)11-18(12-17(22)3)14-21(25)23-9-5-4-6-10-23/h7-8,11-13,24H,4-6,9-10,14H2,1-3H3. The maximum absolute atomic E-state index is 12.5. The van der Waals surface area contributed by atoms with Crippen molar-refractivity contribution in [1.82, 2.24) is 4.90 Å². The topological polar surface area (TPSA) is 49.8 Å². The Balaban J connectivity index is 1.75. The first kappa shape index (κ1) is 18.3. The fourth-order valence-corrected chi connectivity index (χ4v) is 3.54. The van der Waals surface area contributed by atoms with Crippen LogP contribution in [-0.2, 0) is 11.2 Å². The predicted molar refractivity (Wildman–Crippen MR) is 103 cm³/mol. The van der Waals surface area contributed by atoms with Gasteiger partial charge in [-0.05, 0) is 80.5 Å². The smallest absolute Gasteiger partial charge is 0.226 e. The molecule has 138 valence electrons. The summed E-state index contributed by atoms with van der Waals surface area (Å²) in [7, 11) is 0. The minimum absolute atomic E-state index is 0.214. The van der Waals surface area contributed by atoms with Crippen LogP contribution >= 0.6 is 0 Å². The monoisotopic (exact) mass is 353 g/mol. The van der Waals surface area contributed by atoms with Crippen LogP contribution in [0.4, 0.5) is 0 Å². The molecule has 0 saturated carbocycles. The number of phenols is 1. The Kier molecular flexibility index (Phi) is 5.50. The Bertz CT molecular complexity index is 784. The first-order valence-electron chi connectivity index (χ1n) is 9.29. The molecule has 1 saturated heterocycles. The van der Waals surface area contributed by atoms with Crippen LogP contribution in [0, 0.1) is 20.8 Å². The quantitative estimate of drug-likeness (QED) is 0.869. The lowest BCUT2D eigenvalue weighted by Gasteiger charge is -2.27. The van der Waals surface area contributed by atoms with Crippen molar-refractivity contribution in [1.29, 1.82) is 0 Å².